The second kappa shape index (κ2) is 11.6. The van der Waals surface area contributed by atoms with E-state index in [4.69, 9.17) is 23.2 Å². The highest BCUT2D eigenvalue weighted by Crippen LogP contribution is 2.42. The van der Waals surface area contributed by atoms with E-state index in [1.165, 1.54) is 29.2 Å². The summed E-state index contributed by atoms with van der Waals surface area (Å²) in [5, 5.41) is 13.0. The van der Waals surface area contributed by atoms with E-state index in [0.29, 0.717) is 35.1 Å². The molecular weight excluding hydrogens is 520 g/mol. The van der Waals surface area contributed by atoms with Gasteiger partial charge in [0.05, 0.1) is 15.3 Å². The summed E-state index contributed by atoms with van der Waals surface area (Å²) in [6.45, 7) is 0.323. The van der Waals surface area contributed by atoms with Crippen molar-refractivity contribution in [1.82, 2.24) is 5.32 Å². The Hall–Kier alpha value is -3.31. The maximum absolute atomic E-state index is 13.6. The second-order valence-electron chi connectivity index (χ2n) is 7.99. The maximum atomic E-state index is 13.6. The molecule has 1 unspecified atom stereocenters. The summed E-state index contributed by atoms with van der Waals surface area (Å²) < 4.78 is 13.6. The number of rotatable bonds is 7. The number of halogens is 3. The van der Waals surface area contributed by atoms with Crippen LogP contribution in [0.1, 0.15) is 11.1 Å². The molecule has 1 atom stereocenters. The Bertz CT molecular complexity index is 1360. The molecule has 0 saturated carbocycles. The van der Waals surface area contributed by atoms with Crippen molar-refractivity contribution in [2.24, 2.45) is 0 Å². The second-order valence-corrected chi connectivity index (χ2v) is 10.00. The molecule has 0 radical (unpaired) electrons. The van der Waals surface area contributed by atoms with E-state index in [2.05, 4.69) is 5.32 Å². The van der Waals surface area contributed by atoms with Crippen LogP contribution in [0.2, 0.25) is 10.0 Å². The Labute approximate surface area is 222 Å². The van der Waals surface area contributed by atoms with Crippen molar-refractivity contribution in [3.63, 3.8) is 0 Å². The number of hydrogen-bond donors (Lipinski definition) is 1. The third-order valence-electron chi connectivity index (χ3n) is 5.54. The molecule has 1 aliphatic rings. The van der Waals surface area contributed by atoms with Gasteiger partial charge in [-0.1, -0.05) is 71.4 Å². The average molecular weight is 540 g/mol. The number of carbonyl (C=O) groups is 2. The molecule has 1 N–H and O–H groups in total. The summed E-state index contributed by atoms with van der Waals surface area (Å²) in [6.07, 6.45) is 0.893. The van der Waals surface area contributed by atoms with Gasteiger partial charge in [0.1, 0.15) is 22.5 Å². The monoisotopic (exact) mass is 539 g/mol. The van der Waals surface area contributed by atoms with Crippen LogP contribution in [0, 0.1) is 17.1 Å². The zero-order chi connectivity index (χ0) is 25.7. The number of benzene rings is 3. The quantitative estimate of drug-likeness (QED) is 0.299. The van der Waals surface area contributed by atoms with E-state index in [1.54, 1.807) is 18.2 Å². The molecule has 1 saturated heterocycles. The molecule has 1 heterocycles. The Morgan fingerprint density at radius 1 is 1.03 bits per heavy atom. The number of thioether (sulfide) groups is 1. The van der Waals surface area contributed by atoms with Gasteiger partial charge in [-0.25, -0.2) is 4.39 Å². The van der Waals surface area contributed by atoms with Gasteiger partial charge in [0.2, 0.25) is 5.91 Å². The predicted molar refractivity (Wildman–Crippen MR) is 141 cm³/mol. The Morgan fingerprint density at radius 3 is 2.42 bits per heavy atom. The van der Waals surface area contributed by atoms with Crippen LogP contribution in [0.5, 0.6) is 0 Å². The summed E-state index contributed by atoms with van der Waals surface area (Å²) in [5.41, 5.74) is 2.01. The minimum atomic E-state index is -0.622. The molecule has 5 nitrogen and oxygen atoms in total. The molecule has 4 rings (SSSR count). The number of anilines is 1. The first-order valence-electron chi connectivity index (χ1n) is 11.0. The molecule has 0 bridgehead atoms. The highest BCUT2D eigenvalue weighted by molar-refractivity contribution is 8.05. The van der Waals surface area contributed by atoms with Crippen molar-refractivity contribution in [1.29, 1.82) is 5.26 Å². The number of nitrogens with zero attached hydrogens (tertiary/aromatic N) is 2. The summed E-state index contributed by atoms with van der Waals surface area (Å²) in [4.78, 5) is 27.8. The Morgan fingerprint density at radius 2 is 1.75 bits per heavy atom. The Balaban J connectivity index is 1.62. The first kappa shape index (κ1) is 25.8. The molecule has 3 aromatic rings. The van der Waals surface area contributed by atoms with Gasteiger partial charge in [-0.05, 0) is 60.4 Å². The van der Waals surface area contributed by atoms with Crippen molar-refractivity contribution in [3.8, 4) is 6.07 Å². The van der Waals surface area contributed by atoms with Crippen LogP contribution in [-0.2, 0) is 22.4 Å². The standard InChI is InChI=1S/C27H20Cl2FN3O2S/c28-22-11-6-18(14-23(22)29)15-24-26(35)33(20-9-7-19(30)8-10-20)27(36-24)21(16-31)25(34)32-13-12-17-4-2-1-3-5-17/h1-11,14,24H,12-13,15H2,(H,32,34)/b27-21-. The van der Waals surface area contributed by atoms with E-state index < -0.39 is 17.0 Å². The lowest BCUT2D eigenvalue weighted by Crippen LogP contribution is -2.32. The number of nitriles is 1. The summed E-state index contributed by atoms with van der Waals surface area (Å²) in [6, 6.07) is 22.0. The number of carbonyl (C=O) groups excluding carboxylic acids is 2. The van der Waals surface area contributed by atoms with Crippen LogP contribution >= 0.6 is 35.0 Å². The van der Waals surface area contributed by atoms with Crippen LogP contribution in [0.15, 0.2) is 83.4 Å². The topological polar surface area (TPSA) is 73.2 Å². The van der Waals surface area contributed by atoms with Crippen LogP contribution in [0.25, 0.3) is 0 Å². The van der Waals surface area contributed by atoms with Crippen LogP contribution in [0.3, 0.4) is 0 Å². The summed E-state index contributed by atoms with van der Waals surface area (Å²) >= 11 is 13.3. The van der Waals surface area contributed by atoms with Gasteiger partial charge in [0.15, 0.2) is 0 Å². The molecular formula is C27H20Cl2FN3O2S. The molecule has 36 heavy (non-hydrogen) atoms. The highest BCUT2D eigenvalue weighted by atomic mass is 35.5. The minimum Gasteiger partial charge on any atom is -0.351 e. The first-order valence-corrected chi connectivity index (χ1v) is 12.7. The zero-order valence-corrected chi connectivity index (χ0v) is 21.2. The SMILES string of the molecule is N#C/C(C(=O)NCCc1ccccc1)=C1/SC(Cc2ccc(Cl)c(Cl)c2)C(=O)N1c1ccc(F)cc1. The van der Waals surface area contributed by atoms with Gasteiger partial charge < -0.3 is 5.32 Å². The van der Waals surface area contributed by atoms with E-state index in [0.717, 1.165) is 22.9 Å². The molecule has 2 amide bonds. The molecule has 182 valence electrons. The van der Waals surface area contributed by atoms with Gasteiger partial charge in [0, 0.05) is 12.2 Å². The molecule has 9 heteroatoms. The zero-order valence-electron chi connectivity index (χ0n) is 18.9. The largest absolute Gasteiger partial charge is 0.351 e. The van der Waals surface area contributed by atoms with E-state index in [9.17, 15) is 19.2 Å². The van der Waals surface area contributed by atoms with Gasteiger partial charge in [0.25, 0.3) is 5.91 Å². The third-order valence-corrected chi connectivity index (χ3v) is 7.54. The number of nitrogens with one attached hydrogen (secondary N) is 1. The first-order chi connectivity index (χ1) is 17.4. The highest BCUT2D eigenvalue weighted by Gasteiger charge is 2.40. The third kappa shape index (κ3) is 5.90. The van der Waals surface area contributed by atoms with Gasteiger partial charge >= 0.3 is 0 Å². The lowest BCUT2D eigenvalue weighted by Gasteiger charge is -2.18. The maximum Gasteiger partial charge on any atom is 0.264 e. The van der Waals surface area contributed by atoms with Crippen LogP contribution < -0.4 is 10.2 Å². The van der Waals surface area contributed by atoms with Crippen molar-refractivity contribution in [2.45, 2.75) is 18.1 Å². The molecule has 1 aliphatic heterocycles. The molecule has 0 aromatic heterocycles. The molecule has 3 aromatic carbocycles. The van der Waals surface area contributed by atoms with E-state index in [1.807, 2.05) is 36.4 Å². The summed E-state index contributed by atoms with van der Waals surface area (Å²) in [5.74, 6) is -1.36. The lowest BCUT2D eigenvalue weighted by atomic mass is 10.1. The summed E-state index contributed by atoms with van der Waals surface area (Å²) in [7, 11) is 0. The van der Waals surface area contributed by atoms with Gasteiger partial charge in [-0.2, -0.15) is 5.26 Å². The molecule has 1 fully saturated rings. The molecule has 0 spiro atoms. The fourth-order valence-corrected chi connectivity index (χ4v) is 5.38. The lowest BCUT2D eigenvalue weighted by molar-refractivity contribution is -0.117. The molecule has 0 aliphatic carbocycles. The average Bonchev–Trinajstić information content (AvgIpc) is 3.18. The minimum absolute atomic E-state index is 0.178. The number of hydrogen-bond acceptors (Lipinski definition) is 4. The predicted octanol–water partition coefficient (Wildman–Crippen LogP) is 5.92. The van der Waals surface area contributed by atoms with Crippen molar-refractivity contribution < 1.29 is 14.0 Å². The Kier molecular flexibility index (Phi) is 8.32. The number of amides is 2. The van der Waals surface area contributed by atoms with E-state index >= 15 is 0 Å². The van der Waals surface area contributed by atoms with Crippen LogP contribution in [0.4, 0.5) is 10.1 Å². The fraction of sp³-hybridized carbons (Fsp3) is 0.148. The van der Waals surface area contributed by atoms with Gasteiger partial charge in [-0.15, -0.1) is 0 Å². The normalized spacial score (nSPS) is 16.6. The van der Waals surface area contributed by atoms with Gasteiger partial charge in [-0.3, -0.25) is 14.5 Å². The smallest absolute Gasteiger partial charge is 0.264 e. The van der Waals surface area contributed by atoms with E-state index in [-0.39, 0.29) is 16.5 Å². The van der Waals surface area contributed by atoms with Crippen molar-refractivity contribution in [2.75, 3.05) is 11.4 Å². The van der Waals surface area contributed by atoms with Crippen LogP contribution in [-0.4, -0.2) is 23.6 Å². The van der Waals surface area contributed by atoms with Crippen molar-refractivity contribution in [3.05, 3.63) is 110 Å². The fourth-order valence-electron chi connectivity index (χ4n) is 3.75. The van der Waals surface area contributed by atoms with Crippen molar-refractivity contribution >= 4 is 52.5 Å².